The van der Waals surface area contributed by atoms with Crippen molar-refractivity contribution in [2.75, 3.05) is 11.5 Å². The molecule has 0 rings (SSSR count). The van der Waals surface area contributed by atoms with Gasteiger partial charge in [0.25, 0.3) is 0 Å². The van der Waals surface area contributed by atoms with Crippen LogP contribution in [0.4, 0.5) is 0 Å². The molecule has 0 amide bonds. The number of nitriles is 2. The molecule has 0 bridgehead atoms. The van der Waals surface area contributed by atoms with Crippen LogP contribution in [-0.4, -0.2) is 11.5 Å². The largest absolute Gasteiger partial charge is 0.198 e. The van der Waals surface area contributed by atoms with Gasteiger partial charge in [-0.25, -0.2) is 0 Å². The maximum atomic E-state index is 8.20. The summed E-state index contributed by atoms with van der Waals surface area (Å²) < 4.78 is 0. The van der Waals surface area contributed by atoms with Crippen LogP contribution < -0.4 is 0 Å². The molecule has 0 unspecified atom stereocenters. The Morgan fingerprint density at radius 3 is 1.82 bits per heavy atom. The molecule has 0 radical (unpaired) electrons. The van der Waals surface area contributed by atoms with Crippen molar-refractivity contribution < 1.29 is 0 Å². The van der Waals surface area contributed by atoms with Gasteiger partial charge in [0, 0.05) is 24.3 Å². The van der Waals surface area contributed by atoms with Gasteiger partial charge in [0.2, 0.25) is 0 Å². The SMILES string of the molecule is N#CCCSPSCCC#N. The second kappa shape index (κ2) is 10.1. The molecular weight excluding hydrogens is 195 g/mol. The maximum Gasteiger partial charge on any atom is 0.0630 e. The van der Waals surface area contributed by atoms with Gasteiger partial charge < -0.3 is 0 Å². The Labute approximate surface area is 77.0 Å². The minimum absolute atomic E-state index is 0.635. The predicted octanol–water partition coefficient (Wildman–Crippen LogP) is 2.79. The molecule has 0 aliphatic carbocycles. The molecule has 0 aromatic rings. The van der Waals surface area contributed by atoms with Crippen LogP contribution >= 0.6 is 29.7 Å². The van der Waals surface area contributed by atoms with Crippen molar-refractivity contribution in [1.29, 1.82) is 10.5 Å². The van der Waals surface area contributed by atoms with E-state index in [0.717, 1.165) is 18.5 Å². The van der Waals surface area contributed by atoms with Gasteiger partial charge in [-0.05, 0) is 6.98 Å². The van der Waals surface area contributed by atoms with Crippen LogP contribution in [0.15, 0.2) is 0 Å². The number of rotatable bonds is 6. The van der Waals surface area contributed by atoms with Crippen LogP contribution in [0.5, 0.6) is 0 Å². The highest BCUT2D eigenvalue weighted by atomic mass is 33.1. The summed E-state index contributed by atoms with van der Waals surface area (Å²) in [4.78, 5) is 0. The van der Waals surface area contributed by atoms with E-state index in [1.165, 1.54) is 0 Å². The van der Waals surface area contributed by atoms with Crippen LogP contribution in [0.2, 0.25) is 0 Å². The van der Waals surface area contributed by atoms with E-state index in [-0.39, 0.29) is 0 Å². The quantitative estimate of drug-likeness (QED) is 0.493. The second-order valence-electron chi connectivity index (χ2n) is 1.60. The average molecular weight is 204 g/mol. The Hall–Kier alpha value is 0.110. The summed E-state index contributed by atoms with van der Waals surface area (Å²) in [5, 5.41) is 16.4. The average Bonchev–Trinajstić information content (AvgIpc) is 2.03. The zero-order valence-corrected chi connectivity index (χ0v) is 8.67. The molecule has 0 heterocycles. The van der Waals surface area contributed by atoms with Crippen LogP contribution in [0, 0.1) is 22.7 Å². The molecule has 0 fully saturated rings. The maximum absolute atomic E-state index is 8.20. The summed E-state index contributed by atoms with van der Waals surface area (Å²) in [6.07, 6.45) is 1.27. The Kier molecular flexibility index (Phi) is 10.2. The van der Waals surface area contributed by atoms with Crippen molar-refractivity contribution >= 4 is 29.7 Å². The Morgan fingerprint density at radius 2 is 1.45 bits per heavy atom. The zero-order chi connectivity index (χ0) is 8.36. The highest BCUT2D eigenvalue weighted by Gasteiger charge is 1.89. The molecule has 0 saturated carbocycles. The van der Waals surface area contributed by atoms with Crippen molar-refractivity contribution in [3.8, 4) is 12.1 Å². The van der Waals surface area contributed by atoms with Gasteiger partial charge >= 0.3 is 0 Å². The van der Waals surface area contributed by atoms with Crippen molar-refractivity contribution in [2.45, 2.75) is 12.8 Å². The highest BCUT2D eigenvalue weighted by Crippen LogP contribution is 2.42. The van der Waals surface area contributed by atoms with Gasteiger partial charge in [-0.15, -0.1) is 22.8 Å². The summed E-state index contributed by atoms with van der Waals surface area (Å²) in [6, 6.07) is 4.18. The molecule has 0 spiro atoms. The number of hydrogen-bond donors (Lipinski definition) is 0. The first-order chi connectivity index (χ1) is 5.41. The van der Waals surface area contributed by atoms with Gasteiger partial charge in [-0.2, -0.15) is 10.5 Å². The molecule has 0 atom stereocenters. The third-order valence-corrected chi connectivity index (χ3v) is 5.86. The Bertz CT molecular complexity index is 143. The van der Waals surface area contributed by atoms with Gasteiger partial charge in [-0.3, -0.25) is 0 Å². The highest BCUT2D eigenvalue weighted by molar-refractivity contribution is 8.82. The molecule has 0 N–H and O–H groups in total. The van der Waals surface area contributed by atoms with Gasteiger partial charge in [0.1, 0.15) is 0 Å². The zero-order valence-electron chi connectivity index (χ0n) is 6.04. The first kappa shape index (κ1) is 11.1. The summed E-state index contributed by atoms with van der Waals surface area (Å²) in [5.74, 6) is 1.85. The fraction of sp³-hybridized carbons (Fsp3) is 0.667. The standard InChI is InChI=1S/C6H9N2PS2/c7-3-1-5-10-9-11-6-2-4-8/h9H,1-2,5-6H2. The molecular formula is C6H9N2PS2. The lowest BCUT2D eigenvalue weighted by molar-refractivity contribution is 1.25. The van der Waals surface area contributed by atoms with Crippen LogP contribution in [-0.2, 0) is 0 Å². The third-order valence-electron chi connectivity index (χ3n) is 0.750. The van der Waals surface area contributed by atoms with E-state index in [0.29, 0.717) is 12.8 Å². The minimum atomic E-state index is 0.635. The molecule has 0 aromatic heterocycles. The lowest BCUT2D eigenvalue weighted by Gasteiger charge is -1.95. The van der Waals surface area contributed by atoms with E-state index >= 15 is 0 Å². The molecule has 0 aliphatic heterocycles. The first-order valence-electron chi connectivity index (χ1n) is 3.14. The fourth-order valence-electron chi connectivity index (χ4n) is 0.318. The van der Waals surface area contributed by atoms with Crippen molar-refractivity contribution in [3.05, 3.63) is 0 Å². The van der Waals surface area contributed by atoms with E-state index in [9.17, 15) is 0 Å². The van der Waals surface area contributed by atoms with Crippen LogP contribution in [0.3, 0.4) is 0 Å². The molecule has 11 heavy (non-hydrogen) atoms. The minimum Gasteiger partial charge on any atom is -0.198 e. The second-order valence-corrected chi connectivity index (χ2v) is 6.89. The number of nitrogens with zero attached hydrogens (tertiary/aromatic N) is 2. The van der Waals surface area contributed by atoms with E-state index in [1.807, 2.05) is 0 Å². The summed E-state index contributed by atoms with van der Waals surface area (Å²) >= 11 is 3.57. The summed E-state index contributed by atoms with van der Waals surface area (Å²) in [5.41, 5.74) is 0. The van der Waals surface area contributed by atoms with E-state index in [1.54, 1.807) is 22.8 Å². The topological polar surface area (TPSA) is 47.6 Å². The molecule has 0 aliphatic rings. The van der Waals surface area contributed by atoms with Crippen molar-refractivity contribution in [2.24, 2.45) is 0 Å². The van der Waals surface area contributed by atoms with E-state index in [4.69, 9.17) is 10.5 Å². The first-order valence-corrected chi connectivity index (χ1v) is 7.56. The molecule has 2 nitrogen and oxygen atoms in total. The fourth-order valence-corrected chi connectivity index (χ4v) is 4.57. The van der Waals surface area contributed by atoms with Crippen LogP contribution in [0.1, 0.15) is 12.8 Å². The number of hydrogen-bond acceptors (Lipinski definition) is 4. The van der Waals surface area contributed by atoms with E-state index < -0.39 is 0 Å². The van der Waals surface area contributed by atoms with Gasteiger partial charge in [-0.1, -0.05) is 0 Å². The summed E-state index contributed by atoms with van der Waals surface area (Å²) in [6.45, 7) is 0.783. The monoisotopic (exact) mass is 204 g/mol. The van der Waals surface area contributed by atoms with Crippen molar-refractivity contribution in [1.82, 2.24) is 0 Å². The van der Waals surface area contributed by atoms with Gasteiger partial charge in [0.15, 0.2) is 0 Å². The third kappa shape index (κ3) is 10.1. The lowest BCUT2D eigenvalue weighted by atomic mass is 10.6. The normalized spacial score (nSPS) is 8.55. The molecule has 0 aromatic carbocycles. The van der Waals surface area contributed by atoms with Gasteiger partial charge in [0.05, 0.1) is 12.1 Å². The lowest BCUT2D eigenvalue weighted by Crippen LogP contribution is -1.69. The van der Waals surface area contributed by atoms with Crippen LogP contribution in [0.25, 0.3) is 0 Å². The summed E-state index contributed by atoms with van der Waals surface area (Å²) in [7, 11) is 0. The Balaban J connectivity index is 2.82. The smallest absolute Gasteiger partial charge is 0.0630 e. The van der Waals surface area contributed by atoms with E-state index in [2.05, 4.69) is 12.1 Å². The molecule has 0 saturated heterocycles. The molecule has 5 heteroatoms. The Morgan fingerprint density at radius 1 is 1.00 bits per heavy atom. The van der Waals surface area contributed by atoms with Crippen molar-refractivity contribution in [3.63, 3.8) is 0 Å². The molecule has 60 valence electrons. The predicted molar refractivity (Wildman–Crippen MR) is 53.7 cm³/mol.